The molecular weight excluding hydrogens is 286 g/mol. The van der Waals surface area contributed by atoms with Gasteiger partial charge < -0.3 is 15.5 Å². The summed E-state index contributed by atoms with van der Waals surface area (Å²) in [6.07, 6.45) is 1.37. The van der Waals surface area contributed by atoms with Crippen LogP contribution in [0.5, 0.6) is 0 Å². The number of nitrogens with zero attached hydrogens (tertiary/aromatic N) is 1. The average Bonchev–Trinajstić information content (AvgIpc) is 2.75. The topological polar surface area (TPSA) is 61.4 Å². The molecule has 0 aromatic carbocycles. The minimum Gasteiger partial charge on any atom is -0.354 e. The van der Waals surface area contributed by atoms with Crippen molar-refractivity contribution in [1.82, 2.24) is 15.5 Å². The highest BCUT2D eigenvalue weighted by molar-refractivity contribution is 7.99. The summed E-state index contributed by atoms with van der Waals surface area (Å²) in [7, 11) is 0. The molecule has 0 saturated carbocycles. The molecule has 2 amide bonds. The van der Waals surface area contributed by atoms with Crippen LogP contribution in [0.25, 0.3) is 0 Å². The summed E-state index contributed by atoms with van der Waals surface area (Å²) in [5, 5.41) is 6.15. The molecule has 2 aliphatic rings. The molecule has 2 rings (SSSR count). The summed E-state index contributed by atoms with van der Waals surface area (Å²) >= 11 is 1.66. The molecule has 1 atom stereocenters. The maximum absolute atomic E-state index is 12.1. The lowest BCUT2D eigenvalue weighted by atomic mass is 10.0. The molecule has 2 fully saturated rings. The predicted octanol–water partition coefficient (Wildman–Crippen LogP) is 0.445. The number of rotatable bonds is 5. The van der Waals surface area contributed by atoms with Crippen LogP contribution >= 0.6 is 24.2 Å². The summed E-state index contributed by atoms with van der Waals surface area (Å²) in [5.74, 6) is 2.05. The van der Waals surface area contributed by atoms with Crippen molar-refractivity contribution in [3.8, 4) is 0 Å². The molecule has 2 aliphatic heterocycles. The highest BCUT2D eigenvalue weighted by Gasteiger charge is 2.34. The van der Waals surface area contributed by atoms with Crippen LogP contribution in [0.15, 0.2) is 0 Å². The van der Waals surface area contributed by atoms with Gasteiger partial charge in [-0.05, 0) is 6.42 Å². The molecule has 0 bridgehead atoms. The molecule has 7 heteroatoms. The highest BCUT2D eigenvalue weighted by Crippen LogP contribution is 2.22. The third kappa shape index (κ3) is 4.26. The second-order valence-corrected chi connectivity index (χ2v) is 5.90. The van der Waals surface area contributed by atoms with Crippen molar-refractivity contribution in [3.63, 3.8) is 0 Å². The zero-order valence-corrected chi connectivity index (χ0v) is 12.8. The first kappa shape index (κ1) is 16.6. The van der Waals surface area contributed by atoms with E-state index >= 15 is 0 Å². The van der Waals surface area contributed by atoms with Crippen LogP contribution in [0, 0.1) is 5.92 Å². The Morgan fingerprint density at radius 2 is 2.16 bits per heavy atom. The van der Waals surface area contributed by atoms with Crippen LogP contribution in [-0.2, 0) is 9.59 Å². The number of carbonyl (C=O) groups is 2. The van der Waals surface area contributed by atoms with E-state index < -0.39 is 0 Å². The fraction of sp³-hybridized carbons (Fsp3) is 0.833. The first-order valence-electron chi connectivity index (χ1n) is 6.58. The minimum atomic E-state index is -0.262. The van der Waals surface area contributed by atoms with E-state index in [4.69, 9.17) is 0 Å². The van der Waals surface area contributed by atoms with Crippen LogP contribution in [0.4, 0.5) is 0 Å². The van der Waals surface area contributed by atoms with Crippen molar-refractivity contribution in [2.75, 3.05) is 31.3 Å². The van der Waals surface area contributed by atoms with Gasteiger partial charge in [-0.15, -0.1) is 24.2 Å². The van der Waals surface area contributed by atoms with Gasteiger partial charge in [0.2, 0.25) is 11.8 Å². The van der Waals surface area contributed by atoms with Gasteiger partial charge in [-0.25, -0.2) is 0 Å². The van der Waals surface area contributed by atoms with Gasteiger partial charge in [0.1, 0.15) is 6.04 Å². The lowest BCUT2D eigenvalue weighted by Crippen LogP contribution is -2.52. The Morgan fingerprint density at radius 3 is 2.74 bits per heavy atom. The summed E-state index contributed by atoms with van der Waals surface area (Å²) in [5.41, 5.74) is 0. The molecule has 0 aliphatic carbocycles. The zero-order valence-electron chi connectivity index (χ0n) is 11.2. The molecule has 0 radical (unpaired) electrons. The van der Waals surface area contributed by atoms with Crippen LogP contribution in [-0.4, -0.2) is 54.0 Å². The van der Waals surface area contributed by atoms with Gasteiger partial charge in [0.25, 0.3) is 0 Å². The van der Waals surface area contributed by atoms with E-state index in [-0.39, 0.29) is 30.3 Å². The fourth-order valence-electron chi connectivity index (χ4n) is 2.12. The largest absolute Gasteiger partial charge is 0.354 e. The smallest absolute Gasteiger partial charge is 0.243 e. The van der Waals surface area contributed by atoms with Crippen LogP contribution in [0.1, 0.15) is 19.8 Å². The number of thioether (sulfide) groups is 1. The number of hydrogen-bond acceptors (Lipinski definition) is 4. The molecule has 110 valence electrons. The molecule has 0 aromatic heterocycles. The van der Waals surface area contributed by atoms with E-state index in [2.05, 4.69) is 10.6 Å². The van der Waals surface area contributed by atoms with Gasteiger partial charge in [0.05, 0.1) is 5.88 Å². The van der Waals surface area contributed by atoms with Gasteiger partial charge in [-0.2, -0.15) is 0 Å². The van der Waals surface area contributed by atoms with Crippen molar-refractivity contribution in [1.29, 1.82) is 0 Å². The van der Waals surface area contributed by atoms with Gasteiger partial charge in [-0.3, -0.25) is 9.59 Å². The van der Waals surface area contributed by atoms with Crippen molar-refractivity contribution in [3.05, 3.63) is 0 Å². The minimum absolute atomic E-state index is 0. The standard InChI is InChI=1S/C12H21N3O2S.ClH/c1-2-3-11(16)15-8-18-7-10(15)12(17)14-6-9-4-13-5-9;/h9-10,13H,2-8H2,1H3,(H,14,17);1H. The van der Waals surface area contributed by atoms with Crippen molar-refractivity contribution < 1.29 is 9.59 Å². The molecule has 0 spiro atoms. The summed E-state index contributed by atoms with van der Waals surface area (Å²) in [4.78, 5) is 25.7. The quantitative estimate of drug-likeness (QED) is 0.774. The second kappa shape index (κ2) is 7.97. The van der Waals surface area contributed by atoms with E-state index in [0.717, 1.165) is 31.8 Å². The number of halogens is 1. The lowest BCUT2D eigenvalue weighted by Gasteiger charge is -2.29. The Bertz CT molecular complexity index is 326. The molecular formula is C12H22ClN3O2S. The molecule has 2 heterocycles. The van der Waals surface area contributed by atoms with E-state index in [1.54, 1.807) is 16.7 Å². The van der Waals surface area contributed by atoms with Gasteiger partial charge in [0, 0.05) is 37.7 Å². The maximum atomic E-state index is 12.1. The summed E-state index contributed by atoms with van der Waals surface area (Å²) in [6.45, 7) is 4.68. The maximum Gasteiger partial charge on any atom is 0.243 e. The fourth-order valence-corrected chi connectivity index (χ4v) is 3.30. The molecule has 5 nitrogen and oxygen atoms in total. The Labute approximate surface area is 124 Å². The molecule has 2 saturated heterocycles. The van der Waals surface area contributed by atoms with E-state index in [1.165, 1.54) is 0 Å². The summed E-state index contributed by atoms with van der Waals surface area (Å²) < 4.78 is 0. The van der Waals surface area contributed by atoms with Crippen molar-refractivity contribution >= 4 is 36.0 Å². The van der Waals surface area contributed by atoms with Crippen LogP contribution in [0.3, 0.4) is 0 Å². The molecule has 19 heavy (non-hydrogen) atoms. The molecule has 2 N–H and O–H groups in total. The average molecular weight is 308 g/mol. The Morgan fingerprint density at radius 1 is 1.42 bits per heavy atom. The predicted molar refractivity (Wildman–Crippen MR) is 79.5 cm³/mol. The van der Waals surface area contributed by atoms with Gasteiger partial charge in [-0.1, -0.05) is 6.92 Å². The number of hydrogen-bond donors (Lipinski definition) is 2. The summed E-state index contributed by atoms with van der Waals surface area (Å²) in [6, 6.07) is -0.262. The van der Waals surface area contributed by atoms with E-state index in [1.807, 2.05) is 6.92 Å². The zero-order chi connectivity index (χ0) is 13.0. The van der Waals surface area contributed by atoms with Gasteiger partial charge >= 0.3 is 0 Å². The molecule has 0 aromatic rings. The van der Waals surface area contributed by atoms with Crippen LogP contribution < -0.4 is 10.6 Å². The number of nitrogens with one attached hydrogen (secondary N) is 2. The first-order valence-corrected chi connectivity index (χ1v) is 7.73. The monoisotopic (exact) mass is 307 g/mol. The number of amides is 2. The Kier molecular flexibility index (Phi) is 6.96. The lowest BCUT2D eigenvalue weighted by molar-refractivity contribution is -0.138. The second-order valence-electron chi connectivity index (χ2n) is 4.90. The first-order chi connectivity index (χ1) is 8.72. The Hall–Kier alpha value is -0.460. The normalized spacial score (nSPS) is 22.6. The van der Waals surface area contributed by atoms with E-state index in [9.17, 15) is 9.59 Å². The highest BCUT2D eigenvalue weighted by atomic mass is 35.5. The van der Waals surface area contributed by atoms with Crippen molar-refractivity contribution in [2.24, 2.45) is 5.92 Å². The SMILES string of the molecule is CCCC(=O)N1CSCC1C(=O)NCC1CNC1.Cl. The van der Waals surface area contributed by atoms with Crippen LogP contribution in [0.2, 0.25) is 0 Å². The van der Waals surface area contributed by atoms with E-state index in [0.29, 0.717) is 18.2 Å². The Balaban J connectivity index is 0.00000180. The number of carbonyl (C=O) groups excluding carboxylic acids is 2. The van der Waals surface area contributed by atoms with Gasteiger partial charge in [0.15, 0.2) is 0 Å². The third-order valence-electron chi connectivity index (χ3n) is 3.40. The van der Waals surface area contributed by atoms with Crippen molar-refractivity contribution in [2.45, 2.75) is 25.8 Å². The molecule has 1 unspecified atom stereocenters. The third-order valence-corrected chi connectivity index (χ3v) is 4.41.